The molecule has 0 radical (unpaired) electrons. The number of halogens is 1. The van der Waals surface area contributed by atoms with Crippen molar-refractivity contribution >= 4 is 22.9 Å². The Hall–Kier alpha value is -0.900. The topological polar surface area (TPSA) is 24.9 Å². The predicted molar refractivity (Wildman–Crippen MR) is 80.9 cm³/mol. The molecule has 1 aliphatic carbocycles. The highest BCUT2D eigenvalue weighted by molar-refractivity contribution is 7.11. The van der Waals surface area contributed by atoms with E-state index in [0.717, 1.165) is 17.9 Å². The lowest BCUT2D eigenvalue weighted by Gasteiger charge is -2.18. The van der Waals surface area contributed by atoms with Crippen molar-refractivity contribution < 1.29 is 0 Å². The Morgan fingerprint density at radius 1 is 1.47 bits per heavy atom. The average molecular weight is 293 g/mol. The van der Waals surface area contributed by atoms with Gasteiger partial charge in [0.25, 0.3) is 0 Å². The van der Waals surface area contributed by atoms with E-state index in [-0.39, 0.29) is 0 Å². The molecule has 0 fully saturated rings. The van der Waals surface area contributed by atoms with Crippen LogP contribution in [0.15, 0.2) is 24.4 Å². The standard InChI is InChI=1S/C15H17ClN2S/c1-9-8-17-15(19-9)10(2)18-14-6-3-11-7-12(16)4-5-13(11)14/h4-5,7-8,10,14,18H,3,6H2,1-2H3/t10-,14-/m0/s1. The summed E-state index contributed by atoms with van der Waals surface area (Å²) in [6.45, 7) is 4.28. The molecule has 19 heavy (non-hydrogen) atoms. The SMILES string of the molecule is Cc1cnc([C@H](C)N[C@H]2CCc3cc(Cl)ccc32)s1. The van der Waals surface area contributed by atoms with Crippen molar-refractivity contribution in [3.63, 3.8) is 0 Å². The van der Waals surface area contributed by atoms with Crippen LogP contribution < -0.4 is 5.32 Å². The lowest BCUT2D eigenvalue weighted by atomic mass is 10.1. The second kappa shape index (κ2) is 5.23. The number of aromatic nitrogens is 1. The largest absolute Gasteiger partial charge is 0.301 e. The van der Waals surface area contributed by atoms with Crippen molar-refractivity contribution in [2.45, 2.75) is 38.8 Å². The van der Waals surface area contributed by atoms with Gasteiger partial charge in [-0.05, 0) is 49.9 Å². The molecular weight excluding hydrogens is 276 g/mol. The predicted octanol–water partition coefficient (Wildman–Crippen LogP) is 4.44. The number of fused-ring (bicyclic) bond motifs is 1. The molecular formula is C15H17ClN2S. The molecule has 2 nitrogen and oxygen atoms in total. The molecule has 1 aromatic carbocycles. The van der Waals surface area contributed by atoms with Crippen molar-refractivity contribution in [1.82, 2.24) is 10.3 Å². The summed E-state index contributed by atoms with van der Waals surface area (Å²) in [5.74, 6) is 0. The van der Waals surface area contributed by atoms with E-state index in [0.29, 0.717) is 12.1 Å². The van der Waals surface area contributed by atoms with E-state index < -0.39 is 0 Å². The zero-order valence-electron chi connectivity index (χ0n) is 11.1. The van der Waals surface area contributed by atoms with Gasteiger partial charge >= 0.3 is 0 Å². The summed E-state index contributed by atoms with van der Waals surface area (Å²) in [6.07, 6.45) is 4.20. The minimum Gasteiger partial charge on any atom is -0.301 e. The van der Waals surface area contributed by atoms with Gasteiger partial charge in [-0.3, -0.25) is 0 Å². The minimum atomic E-state index is 0.297. The first-order chi connectivity index (χ1) is 9.13. The molecule has 2 aromatic rings. The zero-order chi connectivity index (χ0) is 13.4. The fourth-order valence-corrected chi connectivity index (χ4v) is 3.68. The number of hydrogen-bond acceptors (Lipinski definition) is 3. The molecule has 2 atom stereocenters. The maximum atomic E-state index is 6.05. The zero-order valence-corrected chi connectivity index (χ0v) is 12.7. The van der Waals surface area contributed by atoms with Crippen LogP contribution in [0.4, 0.5) is 0 Å². The number of hydrogen-bond donors (Lipinski definition) is 1. The number of nitrogens with one attached hydrogen (secondary N) is 1. The first-order valence-electron chi connectivity index (χ1n) is 6.60. The van der Waals surface area contributed by atoms with Crippen LogP contribution in [-0.2, 0) is 6.42 Å². The van der Waals surface area contributed by atoms with Crippen LogP contribution in [0.3, 0.4) is 0 Å². The van der Waals surface area contributed by atoms with Crippen molar-refractivity contribution in [2.24, 2.45) is 0 Å². The Morgan fingerprint density at radius 3 is 3.05 bits per heavy atom. The van der Waals surface area contributed by atoms with Crippen molar-refractivity contribution in [3.8, 4) is 0 Å². The molecule has 0 aliphatic heterocycles. The Labute approximate surface area is 122 Å². The summed E-state index contributed by atoms with van der Waals surface area (Å²) in [5, 5.41) is 5.69. The molecule has 0 saturated heterocycles. The van der Waals surface area contributed by atoms with Crippen LogP contribution in [0, 0.1) is 6.92 Å². The third-order valence-corrected chi connectivity index (χ3v) is 4.97. The van der Waals surface area contributed by atoms with Crippen LogP contribution in [0.1, 0.15) is 46.4 Å². The van der Waals surface area contributed by atoms with Crippen LogP contribution in [0.25, 0.3) is 0 Å². The lowest BCUT2D eigenvalue weighted by Crippen LogP contribution is -2.22. The van der Waals surface area contributed by atoms with E-state index in [2.05, 4.69) is 36.3 Å². The second-order valence-electron chi connectivity index (χ2n) is 5.13. The molecule has 1 aromatic heterocycles. The van der Waals surface area contributed by atoms with Crippen LogP contribution in [0.5, 0.6) is 0 Å². The average Bonchev–Trinajstić information content (AvgIpc) is 2.96. The number of aryl methyl sites for hydroxylation is 2. The van der Waals surface area contributed by atoms with Gasteiger partial charge in [0.05, 0.1) is 6.04 Å². The van der Waals surface area contributed by atoms with Crippen molar-refractivity contribution in [2.75, 3.05) is 0 Å². The molecule has 1 aliphatic rings. The molecule has 4 heteroatoms. The van der Waals surface area contributed by atoms with E-state index in [1.54, 1.807) is 11.3 Å². The molecule has 0 spiro atoms. The van der Waals surface area contributed by atoms with Gasteiger partial charge in [0.1, 0.15) is 5.01 Å². The molecule has 3 rings (SSSR count). The fourth-order valence-electron chi connectivity index (χ4n) is 2.70. The Morgan fingerprint density at radius 2 is 2.32 bits per heavy atom. The van der Waals surface area contributed by atoms with E-state index in [1.165, 1.54) is 21.0 Å². The summed E-state index contributed by atoms with van der Waals surface area (Å²) >= 11 is 7.81. The minimum absolute atomic E-state index is 0.297. The Balaban J connectivity index is 1.76. The Kier molecular flexibility index (Phi) is 3.61. The Bertz CT molecular complexity index is 594. The van der Waals surface area contributed by atoms with Gasteiger partial charge in [-0.25, -0.2) is 4.98 Å². The molecule has 100 valence electrons. The lowest BCUT2D eigenvalue weighted by molar-refractivity contribution is 0.464. The van der Waals surface area contributed by atoms with Crippen LogP contribution >= 0.6 is 22.9 Å². The van der Waals surface area contributed by atoms with Gasteiger partial charge in [0.15, 0.2) is 0 Å². The molecule has 0 bridgehead atoms. The summed E-state index contributed by atoms with van der Waals surface area (Å²) in [5.41, 5.74) is 2.78. The number of thiazole rings is 1. The van der Waals surface area contributed by atoms with Gasteiger partial charge in [-0.15, -0.1) is 11.3 Å². The monoisotopic (exact) mass is 292 g/mol. The van der Waals surface area contributed by atoms with E-state index in [1.807, 2.05) is 12.3 Å². The second-order valence-corrected chi connectivity index (χ2v) is 6.83. The van der Waals surface area contributed by atoms with Crippen molar-refractivity contribution in [1.29, 1.82) is 0 Å². The van der Waals surface area contributed by atoms with Gasteiger partial charge in [-0.2, -0.15) is 0 Å². The molecule has 0 unspecified atom stereocenters. The summed E-state index contributed by atoms with van der Waals surface area (Å²) in [7, 11) is 0. The normalized spacial score (nSPS) is 19.4. The smallest absolute Gasteiger partial charge is 0.109 e. The highest BCUT2D eigenvalue weighted by Crippen LogP contribution is 2.34. The molecule has 0 saturated carbocycles. The third kappa shape index (κ3) is 2.69. The number of benzene rings is 1. The quantitative estimate of drug-likeness (QED) is 0.904. The maximum absolute atomic E-state index is 6.05. The van der Waals surface area contributed by atoms with E-state index in [9.17, 15) is 0 Å². The summed E-state index contributed by atoms with van der Waals surface area (Å²) in [6, 6.07) is 6.95. The van der Waals surface area contributed by atoms with E-state index >= 15 is 0 Å². The number of rotatable bonds is 3. The number of nitrogens with zero attached hydrogens (tertiary/aromatic N) is 1. The van der Waals surface area contributed by atoms with E-state index in [4.69, 9.17) is 11.6 Å². The molecule has 1 N–H and O–H groups in total. The van der Waals surface area contributed by atoms with Crippen LogP contribution in [0.2, 0.25) is 5.02 Å². The third-order valence-electron chi connectivity index (χ3n) is 3.64. The van der Waals surface area contributed by atoms with Crippen molar-refractivity contribution in [3.05, 3.63) is 50.4 Å². The molecule has 1 heterocycles. The maximum Gasteiger partial charge on any atom is 0.109 e. The summed E-state index contributed by atoms with van der Waals surface area (Å²) < 4.78 is 0. The highest BCUT2D eigenvalue weighted by Gasteiger charge is 2.24. The van der Waals surface area contributed by atoms with Gasteiger partial charge in [0, 0.05) is 22.1 Å². The first kappa shape index (κ1) is 13.1. The fraction of sp³-hybridized carbons (Fsp3) is 0.400. The summed E-state index contributed by atoms with van der Waals surface area (Å²) in [4.78, 5) is 5.73. The first-order valence-corrected chi connectivity index (χ1v) is 7.79. The van der Waals surface area contributed by atoms with Crippen LogP contribution in [-0.4, -0.2) is 4.98 Å². The van der Waals surface area contributed by atoms with Gasteiger partial charge in [-0.1, -0.05) is 17.7 Å². The van der Waals surface area contributed by atoms with Gasteiger partial charge in [0.2, 0.25) is 0 Å². The van der Waals surface area contributed by atoms with Gasteiger partial charge < -0.3 is 5.32 Å². The molecule has 0 amide bonds. The highest BCUT2D eigenvalue weighted by atomic mass is 35.5.